The molecule has 0 fully saturated rings. The number of anilines is 1. The van der Waals surface area contributed by atoms with Crippen LogP contribution in [0.3, 0.4) is 0 Å². The molecule has 0 saturated heterocycles. The minimum atomic E-state index is -0.685. The van der Waals surface area contributed by atoms with Gasteiger partial charge in [0.05, 0.1) is 0 Å². The van der Waals surface area contributed by atoms with Crippen molar-refractivity contribution < 1.29 is 18.3 Å². The Morgan fingerprint density at radius 1 is 1.32 bits per heavy atom. The highest BCUT2D eigenvalue weighted by atomic mass is 19.1. The molecule has 0 aliphatic rings. The fourth-order valence-electron chi connectivity index (χ4n) is 1.53. The van der Waals surface area contributed by atoms with E-state index >= 15 is 0 Å². The van der Waals surface area contributed by atoms with Crippen LogP contribution in [0.25, 0.3) is 0 Å². The van der Waals surface area contributed by atoms with Crippen LogP contribution in [0.1, 0.15) is 13.3 Å². The summed E-state index contributed by atoms with van der Waals surface area (Å²) in [6.45, 7) is 2.68. The first-order valence-electron chi connectivity index (χ1n) is 6.02. The number of benzene rings is 1. The number of hydrogen-bond acceptors (Lipinski definition) is 3. The van der Waals surface area contributed by atoms with Gasteiger partial charge < -0.3 is 15.4 Å². The van der Waals surface area contributed by atoms with Crippen molar-refractivity contribution in [3.63, 3.8) is 0 Å². The molecule has 1 atom stereocenters. The monoisotopic (exact) mass is 272 g/mol. The van der Waals surface area contributed by atoms with Gasteiger partial charge in [-0.05, 0) is 25.5 Å². The molecule has 19 heavy (non-hydrogen) atoms. The average Bonchev–Trinajstić information content (AvgIpc) is 2.33. The van der Waals surface area contributed by atoms with E-state index in [1.807, 2.05) is 0 Å². The Kier molecular flexibility index (Phi) is 6.21. The maximum atomic E-state index is 13.0. The Morgan fingerprint density at radius 2 is 1.95 bits per heavy atom. The summed E-state index contributed by atoms with van der Waals surface area (Å²) >= 11 is 0. The fourth-order valence-corrected chi connectivity index (χ4v) is 1.53. The highest BCUT2D eigenvalue weighted by Crippen LogP contribution is 2.13. The molecule has 1 amide bonds. The molecule has 1 aromatic carbocycles. The minimum absolute atomic E-state index is 0.233. The highest BCUT2D eigenvalue weighted by molar-refractivity contribution is 5.84. The van der Waals surface area contributed by atoms with Crippen molar-refractivity contribution in [2.75, 3.05) is 25.6 Å². The number of amides is 1. The molecular weight excluding hydrogens is 254 g/mol. The molecule has 0 aromatic heterocycles. The number of nitrogens with one attached hydrogen (secondary N) is 2. The SMILES string of the molecule is COCCCNC(=O)C(C)Nc1cc(F)cc(F)c1. The van der Waals surface area contributed by atoms with Crippen LogP contribution < -0.4 is 10.6 Å². The lowest BCUT2D eigenvalue weighted by molar-refractivity contribution is -0.121. The number of carbonyl (C=O) groups excluding carboxylic acids is 1. The summed E-state index contributed by atoms with van der Waals surface area (Å²) in [7, 11) is 1.59. The third-order valence-electron chi connectivity index (χ3n) is 2.46. The van der Waals surface area contributed by atoms with Crippen LogP contribution in [0, 0.1) is 11.6 Å². The minimum Gasteiger partial charge on any atom is -0.385 e. The van der Waals surface area contributed by atoms with Crippen molar-refractivity contribution in [2.24, 2.45) is 0 Å². The molecule has 1 unspecified atom stereocenters. The van der Waals surface area contributed by atoms with Gasteiger partial charge in [0.2, 0.25) is 5.91 Å². The Bertz CT molecular complexity index is 407. The van der Waals surface area contributed by atoms with E-state index in [1.165, 1.54) is 0 Å². The molecular formula is C13H18F2N2O2. The van der Waals surface area contributed by atoms with Gasteiger partial charge in [0.25, 0.3) is 0 Å². The third-order valence-corrected chi connectivity index (χ3v) is 2.46. The van der Waals surface area contributed by atoms with Crippen molar-refractivity contribution in [1.29, 1.82) is 0 Å². The Balaban J connectivity index is 2.44. The van der Waals surface area contributed by atoms with Crippen LogP contribution in [0.15, 0.2) is 18.2 Å². The van der Waals surface area contributed by atoms with Gasteiger partial charge in [-0.15, -0.1) is 0 Å². The van der Waals surface area contributed by atoms with E-state index < -0.39 is 17.7 Å². The molecule has 2 N–H and O–H groups in total. The van der Waals surface area contributed by atoms with Gasteiger partial charge in [0, 0.05) is 32.0 Å². The lowest BCUT2D eigenvalue weighted by Gasteiger charge is -2.15. The van der Waals surface area contributed by atoms with Gasteiger partial charge in [0.1, 0.15) is 17.7 Å². The van der Waals surface area contributed by atoms with Gasteiger partial charge in [-0.2, -0.15) is 0 Å². The molecule has 4 nitrogen and oxygen atoms in total. The van der Waals surface area contributed by atoms with Crippen molar-refractivity contribution in [2.45, 2.75) is 19.4 Å². The molecule has 0 spiro atoms. The molecule has 1 rings (SSSR count). The molecule has 0 aliphatic carbocycles. The van der Waals surface area contributed by atoms with E-state index in [0.29, 0.717) is 19.6 Å². The van der Waals surface area contributed by atoms with Gasteiger partial charge in [0.15, 0.2) is 0 Å². The smallest absolute Gasteiger partial charge is 0.242 e. The van der Waals surface area contributed by atoms with Crippen LogP contribution in [0.5, 0.6) is 0 Å². The molecule has 0 saturated carbocycles. The van der Waals surface area contributed by atoms with E-state index in [4.69, 9.17) is 4.74 Å². The Labute approximate surface area is 111 Å². The molecule has 6 heteroatoms. The van der Waals surface area contributed by atoms with Crippen LogP contribution in [-0.2, 0) is 9.53 Å². The first-order valence-corrected chi connectivity index (χ1v) is 6.02. The van der Waals surface area contributed by atoms with E-state index in [0.717, 1.165) is 18.2 Å². The summed E-state index contributed by atoms with van der Waals surface area (Å²) in [6, 6.07) is 2.47. The second kappa shape index (κ2) is 7.68. The molecule has 0 bridgehead atoms. The van der Waals surface area contributed by atoms with Crippen LogP contribution in [0.4, 0.5) is 14.5 Å². The van der Waals surface area contributed by atoms with Crippen LogP contribution in [0.2, 0.25) is 0 Å². The summed E-state index contributed by atoms with van der Waals surface area (Å²) < 4.78 is 30.8. The zero-order chi connectivity index (χ0) is 14.3. The summed E-state index contributed by atoms with van der Waals surface area (Å²) in [4.78, 5) is 11.7. The maximum Gasteiger partial charge on any atom is 0.242 e. The maximum absolute atomic E-state index is 13.0. The van der Waals surface area contributed by atoms with Crippen LogP contribution >= 0.6 is 0 Å². The zero-order valence-electron chi connectivity index (χ0n) is 11.0. The summed E-state index contributed by atoms with van der Waals surface area (Å²) in [6.07, 6.45) is 0.712. The molecule has 0 aliphatic heterocycles. The van der Waals surface area contributed by atoms with Gasteiger partial charge in [-0.25, -0.2) is 8.78 Å². The normalized spacial score (nSPS) is 12.0. The van der Waals surface area contributed by atoms with E-state index in [-0.39, 0.29) is 11.6 Å². The predicted molar refractivity (Wildman–Crippen MR) is 68.9 cm³/mol. The largest absolute Gasteiger partial charge is 0.385 e. The Morgan fingerprint density at radius 3 is 2.53 bits per heavy atom. The average molecular weight is 272 g/mol. The van der Waals surface area contributed by atoms with Gasteiger partial charge in [-0.3, -0.25) is 4.79 Å². The van der Waals surface area contributed by atoms with Gasteiger partial charge >= 0.3 is 0 Å². The number of methoxy groups -OCH3 is 1. The number of carbonyl (C=O) groups is 1. The topological polar surface area (TPSA) is 50.4 Å². The standard InChI is InChI=1S/C13H18F2N2O2/c1-9(13(18)16-4-3-5-19-2)17-12-7-10(14)6-11(15)8-12/h6-9,17H,3-5H2,1-2H3,(H,16,18). The molecule has 1 aromatic rings. The lowest BCUT2D eigenvalue weighted by Crippen LogP contribution is -2.38. The van der Waals surface area contributed by atoms with Crippen molar-refractivity contribution in [1.82, 2.24) is 5.32 Å². The van der Waals surface area contributed by atoms with Crippen molar-refractivity contribution in [3.8, 4) is 0 Å². The number of ether oxygens (including phenoxy) is 1. The quantitative estimate of drug-likeness (QED) is 0.746. The van der Waals surface area contributed by atoms with E-state index in [2.05, 4.69) is 10.6 Å². The zero-order valence-corrected chi connectivity index (χ0v) is 11.0. The first-order chi connectivity index (χ1) is 9.02. The molecule has 0 radical (unpaired) electrons. The molecule has 106 valence electrons. The summed E-state index contributed by atoms with van der Waals surface area (Å²) in [5, 5.41) is 5.44. The molecule has 0 heterocycles. The lowest BCUT2D eigenvalue weighted by atomic mass is 10.2. The second-order valence-corrected chi connectivity index (χ2v) is 4.16. The summed E-state index contributed by atoms with van der Waals surface area (Å²) in [5.74, 6) is -1.61. The number of rotatable bonds is 7. The third kappa shape index (κ3) is 5.65. The predicted octanol–water partition coefficient (Wildman–Crippen LogP) is 1.92. The van der Waals surface area contributed by atoms with E-state index in [1.54, 1.807) is 14.0 Å². The number of hydrogen-bond donors (Lipinski definition) is 2. The fraction of sp³-hybridized carbons (Fsp3) is 0.462. The van der Waals surface area contributed by atoms with Crippen molar-refractivity contribution in [3.05, 3.63) is 29.8 Å². The first kappa shape index (κ1) is 15.4. The Hall–Kier alpha value is -1.69. The number of halogens is 2. The van der Waals surface area contributed by atoms with Crippen LogP contribution in [-0.4, -0.2) is 32.2 Å². The van der Waals surface area contributed by atoms with E-state index in [9.17, 15) is 13.6 Å². The van der Waals surface area contributed by atoms with Gasteiger partial charge in [-0.1, -0.05) is 0 Å². The van der Waals surface area contributed by atoms with Crippen molar-refractivity contribution >= 4 is 11.6 Å². The second-order valence-electron chi connectivity index (χ2n) is 4.16. The summed E-state index contributed by atoms with van der Waals surface area (Å²) in [5.41, 5.74) is 0.233. The highest BCUT2D eigenvalue weighted by Gasteiger charge is 2.12.